The van der Waals surface area contributed by atoms with Gasteiger partial charge in [0, 0.05) is 13.6 Å². The van der Waals surface area contributed by atoms with Crippen molar-refractivity contribution >= 4 is 16.0 Å². The Kier molecular flexibility index (Phi) is 5.15. The Bertz CT molecular complexity index is 782. The van der Waals surface area contributed by atoms with Crippen molar-refractivity contribution in [2.75, 3.05) is 20.2 Å². The van der Waals surface area contributed by atoms with Crippen LogP contribution in [0.3, 0.4) is 0 Å². The lowest BCUT2D eigenvalue weighted by molar-refractivity contribution is 0.0697. The van der Waals surface area contributed by atoms with Gasteiger partial charge < -0.3 is 10.2 Å². The number of benzene rings is 2. The lowest BCUT2D eigenvalue weighted by Crippen LogP contribution is -2.29. The van der Waals surface area contributed by atoms with Crippen molar-refractivity contribution in [1.29, 1.82) is 0 Å². The zero-order chi connectivity index (χ0) is 17.0. The van der Waals surface area contributed by atoms with Crippen molar-refractivity contribution in [3.8, 4) is 11.1 Å². The van der Waals surface area contributed by atoms with E-state index >= 15 is 0 Å². The van der Waals surface area contributed by atoms with Gasteiger partial charge in [0.05, 0.1) is 17.1 Å². The molecule has 0 aliphatic carbocycles. The molecule has 23 heavy (non-hydrogen) atoms. The number of aliphatic hydroxyl groups is 1. The summed E-state index contributed by atoms with van der Waals surface area (Å²) >= 11 is 0. The average Bonchev–Trinajstić information content (AvgIpc) is 2.55. The minimum Gasteiger partial charge on any atom is -0.478 e. The average molecular weight is 335 g/mol. The highest BCUT2D eigenvalue weighted by Crippen LogP contribution is 2.23. The number of hydrogen-bond donors (Lipinski definition) is 2. The molecule has 0 aromatic heterocycles. The van der Waals surface area contributed by atoms with Gasteiger partial charge in [-0.05, 0) is 35.4 Å². The van der Waals surface area contributed by atoms with Crippen molar-refractivity contribution in [1.82, 2.24) is 4.31 Å². The summed E-state index contributed by atoms with van der Waals surface area (Å²) in [6.07, 6.45) is 0. The fourth-order valence-electron chi connectivity index (χ4n) is 2.07. The minimum absolute atomic E-state index is 0.0285. The summed E-state index contributed by atoms with van der Waals surface area (Å²) in [7, 11) is -2.22. The SMILES string of the molecule is CN(CCO)S(=O)(=O)c1ccc(-c2ccc(C(=O)O)cc2)cc1. The molecule has 0 radical (unpaired) electrons. The predicted octanol–water partition coefficient (Wildman–Crippen LogP) is 1.66. The highest BCUT2D eigenvalue weighted by Gasteiger charge is 2.19. The van der Waals surface area contributed by atoms with E-state index in [1.54, 1.807) is 24.3 Å². The highest BCUT2D eigenvalue weighted by atomic mass is 32.2. The quantitative estimate of drug-likeness (QED) is 0.837. The Balaban J connectivity index is 2.27. The number of sulfonamides is 1. The standard InChI is InChI=1S/C16H17NO5S/c1-17(10-11-18)23(21,22)15-8-6-13(7-9-15)12-2-4-14(5-3-12)16(19)20/h2-9,18H,10-11H2,1H3,(H,19,20). The maximum atomic E-state index is 12.2. The number of aromatic carboxylic acids is 1. The highest BCUT2D eigenvalue weighted by molar-refractivity contribution is 7.89. The van der Waals surface area contributed by atoms with Crippen LogP contribution in [-0.4, -0.2) is 49.1 Å². The van der Waals surface area contributed by atoms with Gasteiger partial charge >= 0.3 is 5.97 Å². The smallest absolute Gasteiger partial charge is 0.335 e. The normalized spacial score (nSPS) is 11.6. The molecule has 0 saturated heterocycles. The predicted molar refractivity (Wildman–Crippen MR) is 85.7 cm³/mol. The van der Waals surface area contributed by atoms with Crippen LogP contribution in [0.4, 0.5) is 0 Å². The Morgan fingerprint density at radius 1 is 1.00 bits per heavy atom. The molecule has 0 spiro atoms. The summed E-state index contributed by atoms with van der Waals surface area (Å²) < 4.78 is 25.6. The van der Waals surface area contributed by atoms with E-state index < -0.39 is 16.0 Å². The first-order valence-electron chi connectivity index (χ1n) is 6.87. The monoisotopic (exact) mass is 335 g/mol. The molecular weight excluding hydrogens is 318 g/mol. The van der Waals surface area contributed by atoms with E-state index in [2.05, 4.69) is 0 Å². The van der Waals surface area contributed by atoms with Gasteiger partial charge in [-0.15, -0.1) is 0 Å². The number of likely N-dealkylation sites (N-methyl/N-ethyl adjacent to an activating group) is 1. The first-order valence-corrected chi connectivity index (χ1v) is 8.31. The van der Waals surface area contributed by atoms with Gasteiger partial charge in [-0.25, -0.2) is 13.2 Å². The van der Waals surface area contributed by atoms with Gasteiger partial charge in [0.2, 0.25) is 10.0 Å². The molecule has 0 saturated carbocycles. The lowest BCUT2D eigenvalue weighted by atomic mass is 10.0. The van der Waals surface area contributed by atoms with Gasteiger partial charge in [-0.3, -0.25) is 0 Å². The van der Waals surface area contributed by atoms with Gasteiger partial charge in [-0.2, -0.15) is 4.31 Å². The molecule has 2 aromatic rings. The van der Waals surface area contributed by atoms with Crippen molar-refractivity contribution in [3.05, 3.63) is 54.1 Å². The van der Waals surface area contributed by atoms with Crippen molar-refractivity contribution in [2.24, 2.45) is 0 Å². The summed E-state index contributed by atoms with van der Waals surface area (Å²) in [5, 5.41) is 17.7. The van der Waals surface area contributed by atoms with Crippen LogP contribution in [0.2, 0.25) is 0 Å². The Hall–Kier alpha value is -2.22. The Labute approximate surface area is 134 Å². The number of carboxylic acids is 1. The molecule has 2 N–H and O–H groups in total. The third-order valence-electron chi connectivity index (χ3n) is 3.44. The second-order valence-corrected chi connectivity index (χ2v) is 7.00. The summed E-state index contributed by atoms with van der Waals surface area (Å²) in [4.78, 5) is 11.0. The number of aliphatic hydroxyl groups excluding tert-OH is 1. The molecule has 0 amide bonds. The molecule has 0 atom stereocenters. The number of rotatable bonds is 6. The van der Waals surface area contributed by atoms with Crippen LogP contribution in [0.5, 0.6) is 0 Å². The maximum absolute atomic E-state index is 12.2. The van der Waals surface area contributed by atoms with Crippen molar-refractivity contribution < 1.29 is 23.4 Å². The van der Waals surface area contributed by atoms with Gasteiger partial charge in [-0.1, -0.05) is 24.3 Å². The fourth-order valence-corrected chi connectivity index (χ4v) is 3.23. The molecule has 0 unspecified atom stereocenters. The van der Waals surface area contributed by atoms with E-state index in [0.29, 0.717) is 0 Å². The van der Waals surface area contributed by atoms with Crippen LogP contribution in [-0.2, 0) is 10.0 Å². The third kappa shape index (κ3) is 3.76. The van der Waals surface area contributed by atoms with Gasteiger partial charge in [0.25, 0.3) is 0 Å². The molecule has 2 aromatic carbocycles. The second-order valence-electron chi connectivity index (χ2n) is 4.96. The van der Waals surface area contributed by atoms with Crippen molar-refractivity contribution in [3.63, 3.8) is 0 Å². The number of carboxylic acid groups (broad SMARTS) is 1. The van der Waals surface area contributed by atoms with Crippen LogP contribution < -0.4 is 0 Å². The van der Waals surface area contributed by atoms with E-state index in [1.165, 1.54) is 31.3 Å². The van der Waals surface area contributed by atoms with Crippen LogP contribution in [0.15, 0.2) is 53.4 Å². The lowest BCUT2D eigenvalue weighted by Gasteiger charge is -2.16. The van der Waals surface area contributed by atoms with Crippen LogP contribution >= 0.6 is 0 Å². The van der Waals surface area contributed by atoms with Gasteiger partial charge in [0.1, 0.15) is 0 Å². The largest absolute Gasteiger partial charge is 0.478 e. The van der Waals surface area contributed by atoms with E-state index in [-0.39, 0.29) is 23.6 Å². The van der Waals surface area contributed by atoms with E-state index in [9.17, 15) is 13.2 Å². The number of hydrogen-bond acceptors (Lipinski definition) is 4. The molecule has 6 nitrogen and oxygen atoms in total. The number of nitrogens with zero attached hydrogens (tertiary/aromatic N) is 1. The topological polar surface area (TPSA) is 94.9 Å². The summed E-state index contributed by atoms with van der Waals surface area (Å²) in [6.45, 7) is -0.218. The van der Waals surface area contributed by atoms with E-state index in [4.69, 9.17) is 10.2 Å². The van der Waals surface area contributed by atoms with Crippen LogP contribution in [0.25, 0.3) is 11.1 Å². The third-order valence-corrected chi connectivity index (χ3v) is 5.31. The zero-order valence-electron chi connectivity index (χ0n) is 12.5. The molecule has 7 heteroatoms. The second kappa shape index (κ2) is 6.91. The molecule has 2 rings (SSSR count). The fraction of sp³-hybridized carbons (Fsp3) is 0.188. The maximum Gasteiger partial charge on any atom is 0.335 e. The Morgan fingerprint density at radius 2 is 1.48 bits per heavy atom. The van der Waals surface area contributed by atoms with Crippen LogP contribution in [0, 0.1) is 0 Å². The summed E-state index contributed by atoms with van der Waals surface area (Å²) in [5.74, 6) is -0.995. The first-order chi connectivity index (χ1) is 10.9. The molecule has 0 aliphatic heterocycles. The van der Waals surface area contributed by atoms with E-state index in [0.717, 1.165) is 15.4 Å². The minimum atomic E-state index is -3.62. The number of carbonyl (C=O) groups is 1. The van der Waals surface area contributed by atoms with Crippen LogP contribution in [0.1, 0.15) is 10.4 Å². The van der Waals surface area contributed by atoms with E-state index in [1.807, 2.05) is 0 Å². The first kappa shape index (κ1) is 17.1. The van der Waals surface area contributed by atoms with Crippen molar-refractivity contribution in [2.45, 2.75) is 4.90 Å². The molecule has 0 bridgehead atoms. The summed E-state index contributed by atoms with van der Waals surface area (Å²) in [5.41, 5.74) is 1.77. The molecule has 0 heterocycles. The summed E-state index contributed by atoms with van der Waals surface area (Å²) in [6, 6.07) is 12.6. The Morgan fingerprint density at radius 3 is 1.91 bits per heavy atom. The molecule has 0 fully saturated rings. The molecule has 0 aliphatic rings. The van der Waals surface area contributed by atoms with Gasteiger partial charge in [0.15, 0.2) is 0 Å². The molecule has 122 valence electrons. The zero-order valence-corrected chi connectivity index (χ0v) is 13.3. The molecular formula is C16H17NO5S.